The topological polar surface area (TPSA) is 12.4 Å². The predicted molar refractivity (Wildman–Crippen MR) is 136 cm³/mol. The molecule has 0 aromatic rings. The first-order valence-corrected chi connectivity index (χ1v) is 13.7. The summed E-state index contributed by atoms with van der Waals surface area (Å²) in [5, 5.41) is 0.510. The van der Waals surface area contributed by atoms with Gasteiger partial charge in [0, 0.05) is 16.7 Å². The van der Waals surface area contributed by atoms with Crippen molar-refractivity contribution in [2.45, 2.75) is 115 Å². The SMILES string of the molecule is CCCCCCCCC1(CCCCCCCC)C=CC=C2N=C3CC=CC=C3SC21. The van der Waals surface area contributed by atoms with Gasteiger partial charge in [-0.3, -0.25) is 4.99 Å². The van der Waals surface area contributed by atoms with E-state index in [9.17, 15) is 0 Å². The number of unbranched alkanes of at least 4 members (excludes halogenated alkanes) is 10. The predicted octanol–water partition coefficient (Wildman–Crippen LogP) is 9.33. The average Bonchev–Trinajstić information content (AvgIpc) is 2.77. The van der Waals surface area contributed by atoms with E-state index < -0.39 is 0 Å². The Kier molecular flexibility index (Phi) is 10.0. The van der Waals surface area contributed by atoms with Crippen molar-refractivity contribution in [2.75, 3.05) is 0 Å². The van der Waals surface area contributed by atoms with Gasteiger partial charge in [-0.05, 0) is 25.0 Å². The largest absolute Gasteiger partial charge is 0.255 e. The third-order valence-electron chi connectivity index (χ3n) is 6.97. The molecule has 2 heteroatoms. The van der Waals surface area contributed by atoms with E-state index in [1.165, 1.54) is 106 Å². The van der Waals surface area contributed by atoms with Gasteiger partial charge in [0.25, 0.3) is 0 Å². The van der Waals surface area contributed by atoms with E-state index in [-0.39, 0.29) is 0 Å². The summed E-state index contributed by atoms with van der Waals surface area (Å²) in [6.07, 6.45) is 34.2. The first kappa shape index (κ1) is 23.6. The van der Waals surface area contributed by atoms with Gasteiger partial charge >= 0.3 is 0 Å². The van der Waals surface area contributed by atoms with Crippen molar-refractivity contribution in [3.05, 3.63) is 47.1 Å². The van der Waals surface area contributed by atoms with Crippen LogP contribution in [0.3, 0.4) is 0 Å². The van der Waals surface area contributed by atoms with Crippen LogP contribution >= 0.6 is 11.8 Å². The lowest BCUT2D eigenvalue weighted by Gasteiger charge is -2.43. The van der Waals surface area contributed by atoms with Crippen molar-refractivity contribution in [1.29, 1.82) is 0 Å². The molecule has 0 spiro atoms. The molecule has 0 amide bonds. The maximum atomic E-state index is 5.14. The summed E-state index contributed by atoms with van der Waals surface area (Å²) in [5.41, 5.74) is 2.91. The first-order valence-electron chi connectivity index (χ1n) is 12.8. The van der Waals surface area contributed by atoms with Crippen LogP contribution in [0.4, 0.5) is 0 Å². The number of fused-ring (bicyclic) bond motifs is 2. The quantitative estimate of drug-likeness (QED) is 0.252. The lowest BCUT2D eigenvalue weighted by molar-refractivity contribution is 0.297. The number of hydrogen-bond donors (Lipinski definition) is 0. The highest BCUT2D eigenvalue weighted by Crippen LogP contribution is 2.52. The van der Waals surface area contributed by atoms with E-state index >= 15 is 0 Å². The Labute approximate surface area is 190 Å². The molecule has 3 rings (SSSR count). The molecular weight excluding hydrogens is 382 g/mol. The second-order valence-corrected chi connectivity index (χ2v) is 10.6. The smallest absolute Gasteiger partial charge is 0.0608 e. The van der Waals surface area contributed by atoms with Gasteiger partial charge in [0.05, 0.1) is 16.7 Å². The highest BCUT2D eigenvalue weighted by atomic mass is 32.2. The van der Waals surface area contributed by atoms with Gasteiger partial charge in [-0.2, -0.15) is 0 Å². The van der Waals surface area contributed by atoms with Gasteiger partial charge in [-0.1, -0.05) is 115 Å². The molecule has 0 aromatic carbocycles. The number of allylic oxidation sites excluding steroid dienone is 7. The van der Waals surface area contributed by atoms with Crippen LogP contribution in [0.25, 0.3) is 0 Å². The van der Waals surface area contributed by atoms with Gasteiger partial charge in [0.2, 0.25) is 0 Å². The molecule has 1 atom stereocenters. The number of hydrogen-bond acceptors (Lipinski definition) is 2. The summed E-state index contributed by atoms with van der Waals surface area (Å²) in [6, 6.07) is 0. The fourth-order valence-corrected chi connectivity index (χ4v) is 6.60. The van der Waals surface area contributed by atoms with Crippen molar-refractivity contribution in [2.24, 2.45) is 10.4 Å². The van der Waals surface area contributed by atoms with E-state index in [0.717, 1.165) is 6.42 Å². The number of aliphatic imine (C=N–C) groups is 1. The van der Waals surface area contributed by atoms with Crippen LogP contribution in [-0.4, -0.2) is 11.0 Å². The summed E-state index contributed by atoms with van der Waals surface area (Å²) in [6.45, 7) is 4.61. The number of rotatable bonds is 14. The molecule has 0 aromatic heterocycles. The van der Waals surface area contributed by atoms with Crippen molar-refractivity contribution in [1.82, 2.24) is 0 Å². The Morgan fingerprint density at radius 1 is 0.833 bits per heavy atom. The van der Waals surface area contributed by atoms with E-state index in [2.05, 4.69) is 62.1 Å². The highest BCUT2D eigenvalue weighted by molar-refractivity contribution is 8.04. The molecule has 1 aliphatic heterocycles. The zero-order valence-corrected chi connectivity index (χ0v) is 20.3. The minimum atomic E-state index is 0.293. The maximum Gasteiger partial charge on any atom is 0.0608 e. The summed E-state index contributed by atoms with van der Waals surface area (Å²) in [5.74, 6) is 0. The Balaban J connectivity index is 1.65. The molecule has 0 saturated heterocycles. The average molecular weight is 426 g/mol. The molecule has 166 valence electrons. The van der Waals surface area contributed by atoms with Crippen LogP contribution in [0, 0.1) is 5.41 Å². The molecule has 2 aliphatic carbocycles. The molecule has 3 aliphatic rings. The molecule has 0 bridgehead atoms. The fourth-order valence-electron chi connectivity index (χ4n) is 5.13. The summed E-state index contributed by atoms with van der Waals surface area (Å²) in [7, 11) is 0. The van der Waals surface area contributed by atoms with Gasteiger partial charge < -0.3 is 0 Å². The summed E-state index contributed by atoms with van der Waals surface area (Å²) < 4.78 is 0. The molecule has 1 nitrogen and oxygen atoms in total. The fraction of sp³-hybridized carbons (Fsp3) is 0.679. The van der Waals surface area contributed by atoms with Gasteiger partial charge in [-0.25, -0.2) is 0 Å². The van der Waals surface area contributed by atoms with E-state index in [0.29, 0.717) is 10.7 Å². The summed E-state index contributed by atoms with van der Waals surface area (Å²) in [4.78, 5) is 6.57. The molecule has 0 N–H and O–H groups in total. The Morgan fingerprint density at radius 3 is 2.13 bits per heavy atom. The molecular formula is C28H43NS. The van der Waals surface area contributed by atoms with Crippen LogP contribution in [-0.2, 0) is 0 Å². The number of thioether (sulfide) groups is 1. The molecule has 1 unspecified atom stereocenters. The standard InChI is InChI=1S/C28H43NS/c1-3-5-7-9-11-15-21-28(22-16-12-10-8-6-4-2)23-17-19-25-27(28)30-26-20-14-13-18-24(26)29-25/h13-14,17,19-20,23,27H,3-12,15-16,18,21-22H2,1-2H3. The van der Waals surface area contributed by atoms with Crippen LogP contribution < -0.4 is 0 Å². The van der Waals surface area contributed by atoms with Crippen LogP contribution in [0.15, 0.2) is 52.1 Å². The summed E-state index contributed by atoms with van der Waals surface area (Å²) >= 11 is 2.11. The minimum absolute atomic E-state index is 0.293. The van der Waals surface area contributed by atoms with Crippen molar-refractivity contribution < 1.29 is 0 Å². The molecule has 1 heterocycles. The molecule has 0 fully saturated rings. The first-order chi connectivity index (χ1) is 14.8. The van der Waals surface area contributed by atoms with E-state index in [1.807, 2.05) is 0 Å². The maximum absolute atomic E-state index is 5.14. The monoisotopic (exact) mass is 425 g/mol. The molecule has 0 saturated carbocycles. The van der Waals surface area contributed by atoms with E-state index in [4.69, 9.17) is 4.99 Å². The molecule has 0 radical (unpaired) electrons. The van der Waals surface area contributed by atoms with Gasteiger partial charge in [-0.15, -0.1) is 11.8 Å². The van der Waals surface area contributed by atoms with Gasteiger partial charge in [0.1, 0.15) is 0 Å². The Bertz CT molecular complexity index is 663. The lowest BCUT2D eigenvalue weighted by Crippen LogP contribution is -2.36. The zero-order valence-electron chi connectivity index (χ0n) is 19.5. The van der Waals surface area contributed by atoms with Crippen molar-refractivity contribution >= 4 is 17.5 Å². The normalized spacial score (nSPS) is 21.5. The van der Waals surface area contributed by atoms with Crippen molar-refractivity contribution in [3.8, 4) is 0 Å². The highest BCUT2D eigenvalue weighted by Gasteiger charge is 2.42. The third-order valence-corrected chi connectivity index (χ3v) is 8.54. The minimum Gasteiger partial charge on any atom is -0.255 e. The van der Waals surface area contributed by atoms with Crippen LogP contribution in [0.1, 0.15) is 110 Å². The van der Waals surface area contributed by atoms with Crippen LogP contribution in [0.2, 0.25) is 0 Å². The Morgan fingerprint density at radius 2 is 1.47 bits per heavy atom. The van der Waals surface area contributed by atoms with Gasteiger partial charge in [0.15, 0.2) is 0 Å². The zero-order chi connectivity index (χ0) is 21.1. The third kappa shape index (κ3) is 6.49. The molecule has 30 heavy (non-hydrogen) atoms. The second kappa shape index (κ2) is 12.7. The Hall–Kier alpha value is -1.02. The van der Waals surface area contributed by atoms with Crippen LogP contribution in [0.5, 0.6) is 0 Å². The van der Waals surface area contributed by atoms with E-state index in [1.54, 1.807) is 0 Å². The second-order valence-electron chi connectivity index (χ2n) is 9.44. The van der Waals surface area contributed by atoms with Crippen molar-refractivity contribution in [3.63, 3.8) is 0 Å². The number of nitrogens with zero attached hydrogens (tertiary/aromatic N) is 1. The lowest BCUT2D eigenvalue weighted by atomic mass is 9.72.